The molecule has 142 valence electrons. The van der Waals surface area contributed by atoms with Gasteiger partial charge in [-0.05, 0) is 66.5 Å². The smallest absolute Gasteiger partial charge is 0.408 e. The summed E-state index contributed by atoms with van der Waals surface area (Å²) in [5.41, 5.74) is 1.89. The first-order valence-corrected chi connectivity index (χ1v) is 9.96. The molecule has 2 aliphatic rings. The molecule has 2 aromatic carbocycles. The van der Waals surface area contributed by atoms with Crippen LogP contribution in [0.3, 0.4) is 0 Å². The average Bonchev–Trinajstić information content (AvgIpc) is 3.22. The van der Waals surface area contributed by atoms with Crippen molar-refractivity contribution in [3.8, 4) is 0 Å². The Bertz CT molecular complexity index is 858. The van der Waals surface area contributed by atoms with E-state index in [1.54, 1.807) is 0 Å². The first-order chi connectivity index (χ1) is 13.1. The minimum absolute atomic E-state index is 0.182. The molecule has 1 aliphatic heterocycles. The number of piperidine rings is 1. The number of carbonyl (C=O) groups excluding carboxylic acids is 1. The Morgan fingerprint density at radius 3 is 2.52 bits per heavy atom. The molecular formula is C22H26N2O3. The molecule has 4 rings (SSSR count). The van der Waals surface area contributed by atoms with Gasteiger partial charge in [0.25, 0.3) is 5.91 Å². The summed E-state index contributed by atoms with van der Waals surface area (Å²) in [4.78, 5) is 25.8. The molecule has 2 N–H and O–H groups in total. The zero-order valence-electron chi connectivity index (χ0n) is 15.5. The van der Waals surface area contributed by atoms with E-state index in [4.69, 9.17) is 0 Å². The molecule has 1 aliphatic carbocycles. The zero-order chi connectivity index (χ0) is 18.8. The Morgan fingerprint density at radius 2 is 1.74 bits per heavy atom. The van der Waals surface area contributed by atoms with Crippen molar-refractivity contribution < 1.29 is 14.7 Å². The molecule has 2 amide bonds. The normalized spacial score (nSPS) is 20.7. The van der Waals surface area contributed by atoms with Crippen LogP contribution in [0.2, 0.25) is 0 Å². The summed E-state index contributed by atoms with van der Waals surface area (Å²) >= 11 is 0. The number of likely N-dealkylation sites (tertiary alicyclic amines) is 1. The van der Waals surface area contributed by atoms with E-state index in [0.717, 1.165) is 18.2 Å². The monoisotopic (exact) mass is 366 g/mol. The fraction of sp³-hybridized carbons (Fsp3) is 0.455. The number of hydrogen-bond donors (Lipinski definition) is 2. The predicted molar refractivity (Wildman–Crippen MR) is 105 cm³/mol. The van der Waals surface area contributed by atoms with Crippen LogP contribution < -0.4 is 5.32 Å². The average molecular weight is 366 g/mol. The molecule has 1 atom stereocenters. The number of hydrogen-bond acceptors (Lipinski definition) is 2. The third kappa shape index (κ3) is 3.64. The molecule has 0 spiro atoms. The third-order valence-corrected chi connectivity index (χ3v) is 6.00. The van der Waals surface area contributed by atoms with E-state index in [1.165, 1.54) is 41.5 Å². The SMILES string of the molecule is O=C(NC1CCCCN1C(=O)O)c1cc(C2CCCC2)c2ccccc2c1. The van der Waals surface area contributed by atoms with Crippen molar-refractivity contribution in [3.05, 3.63) is 47.5 Å². The molecule has 5 nitrogen and oxygen atoms in total. The highest BCUT2D eigenvalue weighted by Crippen LogP contribution is 2.38. The van der Waals surface area contributed by atoms with Gasteiger partial charge in [0.05, 0.1) is 0 Å². The first-order valence-electron chi connectivity index (χ1n) is 9.96. The lowest BCUT2D eigenvalue weighted by Gasteiger charge is -2.34. The lowest BCUT2D eigenvalue weighted by molar-refractivity contribution is 0.0746. The van der Waals surface area contributed by atoms with Crippen LogP contribution in [0.1, 0.15) is 66.8 Å². The topological polar surface area (TPSA) is 69.6 Å². The molecule has 0 aromatic heterocycles. The number of nitrogens with one attached hydrogen (secondary N) is 1. The van der Waals surface area contributed by atoms with Gasteiger partial charge >= 0.3 is 6.09 Å². The number of carbonyl (C=O) groups is 2. The van der Waals surface area contributed by atoms with E-state index in [2.05, 4.69) is 17.4 Å². The van der Waals surface area contributed by atoms with E-state index in [9.17, 15) is 14.7 Å². The second-order valence-electron chi connectivity index (χ2n) is 7.73. The maximum Gasteiger partial charge on any atom is 0.408 e. The Morgan fingerprint density at radius 1 is 1.00 bits per heavy atom. The molecule has 27 heavy (non-hydrogen) atoms. The summed E-state index contributed by atoms with van der Waals surface area (Å²) in [5, 5.41) is 14.7. The van der Waals surface area contributed by atoms with Crippen molar-refractivity contribution in [2.75, 3.05) is 6.54 Å². The minimum Gasteiger partial charge on any atom is -0.465 e. The largest absolute Gasteiger partial charge is 0.465 e. The standard InChI is InChI=1S/C22H26N2O3/c25-21(23-20-11-5-6-12-24(20)22(26)27)17-13-16-9-3-4-10-18(16)19(14-17)15-7-1-2-8-15/h3-4,9-10,13-15,20H,1-2,5-8,11-12H2,(H,23,25)(H,26,27). The molecule has 2 fully saturated rings. The number of amides is 2. The van der Waals surface area contributed by atoms with Crippen molar-refractivity contribution in [3.63, 3.8) is 0 Å². The number of fused-ring (bicyclic) bond motifs is 1. The number of nitrogens with zero attached hydrogens (tertiary/aromatic N) is 1. The van der Waals surface area contributed by atoms with Gasteiger partial charge in [-0.1, -0.05) is 37.1 Å². The number of carboxylic acid groups (broad SMARTS) is 1. The maximum atomic E-state index is 13.0. The third-order valence-electron chi connectivity index (χ3n) is 6.00. The van der Waals surface area contributed by atoms with Crippen LogP contribution in [0.25, 0.3) is 10.8 Å². The van der Waals surface area contributed by atoms with Gasteiger partial charge in [0, 0.05) is 12.1 Å². The fourth-order valence-corrected chi connectivity index (χ4v) is 4.59. The van der Waals surface area contributed by atoms with Crippen LogP contribution in [-0.4, -0.2) is 34.7 Å². The van der Waals surface area contributed by atoms with Crippen LogP contribution in [0, 0.1) is 0 Å². The first kappa shape index (κ1) is 17.8. The number of rotatable bonds is 3. The van der Waals surface area contributed by atoms with Gasteiger partial charge in [-0.2, -0.15) is 0 Å². The van der Waals surface area contributed by atoms with Crippen molar-refractivity contribution in [1.82, 2.24) is 10.2 Å². The van der Waals surface area contributed by atoms with Crippen LogP contribution in [0.15, 0.2) is 36.4 Å². The van der Waals surface area contributed by atoms with Crippen LogP contribution in [-0.2, 0) is 0 Å². The summed E-state index contributed by atoms with van der Waals surface area (Å²) in [6.07, 6.45) is 5.86. The summed E-state index contributed by atoms with van der Waals surface area (Å²) in [6, 6.07) is 12.2. The van der Waals surface area contributed by atoms with Crippen molar-refractivity contribution in [1.29, 1.82) is 0 Å². The highest BCUT2D eigenvalue weighted by atomic mass is 16.4. The molecule has 0 bridgehead atoms. The van der Waals surface area contributed by atoms with Gasteiger partial charge in [-0.3, -0.25) is 9.69 Å². The van der Waals surface area contributed by atoms with Crippen LogP contribution in [0.5, 0.6) is 0 Å². The van der Waals surface area contributed by atoms with Crippen molar-refractivity contribution in [2.45, 2.75) is 57.0 Å². The molecule has 5 heteroatoms. The summed E-state index contributed by atoms with van der Waals surface area (Å²) in [6.45, 7) is 0.478. The zero-order valence-corrected chi connectivity index (χ0v) is 15.5. The van der Waals surface area contributed by atoms with Crippen LogP contribution >= 0.6 is 0 Å². The second kappa shape index (κ2) is 7.59. The van der Waals surface area contributed by atoms with E-state index in [0.29, 0.717) is 24.4 Å². The lowest BCUT2D eigenvalue weighted by Crippen LogP contribution is -2.52. The van der Waals surface area contributed by atoms with Gasteiger partial charge in [0.1, 0.15) is 6.17 Å². The summed E-state index contributed by atoms with van der Waals surface area (Å²) in [7, 11) is 0. The van der Waals surface area contributed by atoms with Gasteiger partial charge in [-0.25, -0.2) is 4.79 Å². The van der Waals surface area contributed by atoms with E-state index in [-0.39, 0.29) is 5.91 Å². The van der Waals surface area contributed by atoms with Gasteiger partial charge in [0.15, 0.2) is 0 Å². The lowest BCUT2D eigenvalue weighted by atomic mass is 9.90. The second-order valence-corrected chi connectivity index (χ2v) is 7.73. The maximum absolute atomic E-state index is 13.0. The Kier molecular flexibility index (Phi) is 5.01. The number of benzene rings is 2. The highest BCUT2D eigenvalue weighted by molar-refractivity contribution is 6.00. The minimum atomic E-state index is -0.967. The molecule has 0 radical (unpaired) electrons. The van der Waals surface area contributed by atoms with Gasteiger partial charge < -0.3 is 10.4 Å². The van der Waals surface area contributed by atoms with Crippen LogP contribution in [0.4, 0.5) is 4.79 Å². The Hall–Kier alpha value is -2.56. The Labute approximate surface area is 159 Å². The van der Waals surface area contributed by atoms with Crippen molar-refractivity contribution in [2.24, 2.45) is 0 Å². The van der Waals surface area contributed by atoms with E-state index in [1.807, 2.05) is 24.3 Å². The Balaban J connectivity index is 1.64. The van der Waals surface area contributed by atoms with E-state index < -0.39 is 12.3 Å². The molecule has 1 saturated carbocycles. The predicted octanol–water partition coefficient (Wildman–Crippen LogP) is 4.72. The van der Waals surface area contributed by atoms with E-state index >= 15 is 0 Å². The summed E-state index contributed by atoms with van der Waals surface area (Å²) < 4.78 is 0. The summed E-state index contributed by atoms with van der Waals surface area (Å²) in [5.74, 6) is 0.325. The molecule has 1 saturated heterocycles. The highest BCUT2D eigenvalue weighted by Gasteiger charge is 2.28. The van der Waals surface area contributed by atoms with Crippen molar-refractivity contribution >= 4 is 22.8 Å². The van der Waals surface area contributed by atoms with Gasteiger partial charge in [-0.15, -0.1) is 0 Å². The quantitative estimate of drug-likeness (QED) is 0.826. The molecule has 2 aromatic rings. The fourth-order valence-electron chi connectivity index (χ4n) is 4.59. The van der Waals surface area contributed by atoms with Gasteiger partial charge in [0.2, 0.25) is 0 Å². The molecule has 1 heterocycles. The molecule has 1 unspecified atom stereocenters. The molecular weight excluding hydrogens is 340 g/mol.